The molecule has 0 aliphatic carbocycles. The summed E-state index contributed by atoms with van der Waals surface area (Å²) in [5.41, 5.74) is 0.941. The van der Waals surface area contributed by atoms with E-state index in [1.807, 2.05) is 6.20 Å². The van der Waals surface area contributed by atoms with Crippen molar-refractivity contribution in [2.45, 2.75) is 29.3 Å². The van der Waals surface area contributed by atoms with Crippen LogP contribution in [-0.4, -0.2) is 26.1 Å². The van der Waals surface area contributed by atoms with Crippen molar-refractivity contribution in [3.63, 3.8) is 0 Å². The van der Waals surface area contributed by atoms with Gasteiger partial charge in [-0.1, -0.05) is 54.7 Å². The molecule has 1 aromatic heterocycles. The SMILES string of the molecule is C=Cc1c[nH]c(CCCC)n1.O=S(=O)(O)C(Cl)(Cl)Cl. The third-order valence-corrected chi connectivity index (χ3v) is 4.26. The van der Waals surface area contributed by atoms with E-state index in [-0.39, 0.29) is 0 Å². The number of hydrogen-bond donors (Lipinski definition) is 2. The van der Waals surface area contributed by atoms with Crippen molar-refractivity contribution in [2.75, 3.05) is 0 Å². The lowest BCUT2D eigenvalue weighted by atomic mass is 10.2. The number of hydrogen-bond acceptors (Lipinski definition) is 3. The van der Waals surface area contributed by atoms with E-state index in [0.717, 1.165) is 17.9 Å². The van der Waals surface area contributed by atoms with Crippen molar-refractivity contribution in [3.05, 3.63) is 24.3 Å². The zero-order chi connectivity index (χ0) is 15.1. The summed E-state index contributed by atoms with van der Waals surface area (Å²) in [6.07, 6.45) is 7.10. The molecule has 0 bridgehead atoms. The molecule has 0 saturated carbocycles. The van der Waals surface area contributed by atoms with Gasteiger partial charge in [-0.2, -0.15) is 8.42 Å². The molecule has 0 fully saturated rings. The molecule has 0 aliphatic rings. The Morgan fingerprint density at radius 1 is 1.53 bits per heavy atom. The summed E-state index contributed by atoms with van der Waals surface area (Å²) in [7, 11) is -4.54. The molecule has 0 saturated heterocycles. The van der Waals surface area contributed by atoms with Gasteiger partial charge in [-0.15, -0.1) is 0 Å². The molecule has 9 heteroatoms. The van der Waals surface area contributed by atoms with Crippen LogP contribution in [0.25, 0.3) is 6.08 Å². The van der Waals surface area contributed by atoms with Crippen molar-refractivity contribution < 1.29 is 13.0 Å². The monoisotopic (exact) mass is 348 g/mol. The first-order valence-electron chi connectivity index (χ1n) is 5.32. The molecule has 1 heterocycles. The molecule has 0 spiro atoms. The van der Waals surface area contributed by atoms with E-state index in [0.29, 0.717) is 0 Å². The predicted octanol–water partition coefficient (Wildman–Crippen LogP) is 3.60. The van der Waals surface area contributed by atoms with Crippen LogP contribution < -0.4 is 0 Å². The molecule has 0 aromatic carbocycles. The van der Waals surface area contributed by atoms with Crippen LogP contribution in [0.5, 0.6) is 0 Å². The van der Waals surface area contributed by atoms with Crippen molar-refractivity contribution in [1.82, 2.24) is 9.97 Å². The third-order valence-electron chi connectivity index (χ3n) is 1.92. The van der Waals surface area contributed by atoms with E-state index in [2.05, 4.69) is 23.5 Å². The third kappa shape index (κ3) is 7.79. The van der Waals surface area contributed by atoms with Gasteiger partial charge in [0.05, 0.1) is 5.69 Å². The summed E-state index contributed by atoms with van der Waals surface area (Å²) in [6, 6.07) is 0. The maximum atomic E-state index is 9.81. The second kappa shape index (κ2) is 8.11. The summed E-state index contributed by atoms with van der Waals surface area (Å²) in [6.45, 7) is 5.82. The number of aromatic nitrogens is 2. The molecule has 1 aromatic rings. The van der Waals surface area contributed by atoms with E-state index in [4.69, 9.17) is 39.4 Å². The first kappa shape index (κ1) is 18.7. The summed E-state index contributed by atoms with van der Waals surface area (Å²) >= 11 is 14.1. The maximum absolute atomic E-state index is 9.81. The molecule has 0 aliphatic heterocycles. The van der Waals surface area contributed by atoms with Crippen molar-refractivity contribution in [2.24, 2.45) is 0 Å². The highest BCUT2D eigenvalue weighted by atomic mass is 35.6. The van der Waals surface area contributed by atoms with Gasteiger partial charge in [-0.3, -0.25) is 4.55 Å². The van der Waals surface area contributed by atoms with Gasteiger partial charge in [0.1, 0.15) is 5.82 Å². The van der Waals surface area contributed by atoms with Crippen LogP contribution in [0.2, 0.25) is 0 Å². The lowest BCUT2D eigenvalue weighted by Gasteiger charge is -2.03. The van der Waals surface area contributed by atoms with E-state index < -0.39 is 13.2 Å². The Labute approximate surface area is 127 Å². The smallest absolute Gasteiger partial charge is 0.317 e. The molecule has 2 N–H and O–H groups in total. The number of nitrogens with one attached hydrogen (secondary N) is 1. The molecular formula is C10H15Cl3N2O3S. The van der Waals surface area contributed by atoms with Gasteiger partial charge in [0.15, 0.2) is 0 Å². The first-order chi connectivity index (χ1) is 8.61. The Balaban J connectivity index is 0.000000362. The summed E-state index contributed by atoms with van der Waals surface area (Å²) in [5, 5.41) is 0. The molecule has 0 unspecified atom stereocenters. The number of halogens is 3. The van der Waals surface area contributed by atoms with Crippen LogP contribution in [0.4, 0.5) is 0 Å². The fourth-order valence-corrected chi connectivity index (χ4v) is 0.954. The number of imidazole rings is 1. The van der Waals surface area contributed by atoms with Gasteiger partial charge in [0.2, 0.25) is 0 Å². The van der Waals surface area contributed by atoms with Crippen molar-refractivity contribution in [1.29, 1.82) is 0 Å². The highest BCUT2D eigenvalue weighted by molar-refractivity contribution is 7.92. The fraction of sp³-hybridized carbons (Fsp3) is 0.500. The highest BCUT2D eigenvalue weighted by Gasteiger charge is 2.35. The van der Waals surface area contributed by atoms with E-state index in [1.165, 1.54) is 12.8 Å². The quantitative estimate of drug-likeness (QED) is 0.642. The summed E-state index contributed by atoms with van der Waals surface area (Å²) in [4.78, 5) is 7.40. The lowest BCUT2D eigenvalue weighted by Crippen LogP contribution is -2.17. The molecule has 1 rings (SSSR count). The number of unbranched alkanes of at least 4 members (excludes halogenated alkanes) is 1. The molecule has 0 atom stereocenters. The summed E-state index contributed by atoms with van der Waals surface area (Å²) in [5.74, 6) is 1.07. The Morgan fingerprint density at radius 3 is 2.37 bits per heavy atom. The van der Waals surface area contributed by atoms with E-state index in [1.54, 1.807) is 6.08 Å². The number of alkyl halides is 3. The minimum atomic E-state index is -4.54. The minimum absolute atomic E-state index is 0.941. The van der Waals surface area contributed by atoms with Crippen LogP contribution >= 0.6 is 34.8 Å². The van der Waals surface area contributed by atoms with E-state index in [9.17, 15) is 8.42 Å². The van der Waals surface area contributed by atoms with Crippen molar-refractivity contribution in [3.8, 4) is 0 Å². The molecule has 0 radical (unpaired) electrons. The van der Waals surface area contributed by atoms with Crippen LogP contribution in [0, 0.1) is 0 Å². The number of rotatable bonds is 4. The molecule has 5 nitrogen and oxygen atoms in total. The lowest BCUT2D eigenvalue weighted by molar-refractivity contribution is 0.483. The number of H-pyrrole nitrogens is 1. The second-order valence-electron chi connectivity index (χ2n) is 3.50. The van der Waals surface area contributed by atoms with Crippen LogP contribution in [0.3, 0.4) is 0 Å². The highest BCUT2D eigenvalue weighted by Crippen LogP contribution is 2.31. The molecular weight excluding hydrogens is 335 g/mol. The van der Waals surface area contributed by atoms with Crippen LogP contribution in [-0.2, 0) is 16.5 Å². The average Bonchev–Trinajstić information content (AvgIpc) is 2.72. The normalized spacial score (nSPS) is 11.6. The maximum Gasteiger partial charge on any atom is 0.317 e. The number of aromatic amines is 1. The molecule has 0 amide bonds. The van der Waals surface area contributed by atoms with Gasteiger partial charge in [-0.25, -0.2) is 4.98 Å². The van der Waals surface area contributed by atoms with Crippen molar-refractivity contribution >= 4 is 51.0 Å². The van der Waals surface area contributed by atoms with Crippen LogP contribution in [0.1, 0.15) is 31.3 Å². The van der Waals surface area contributed by atoms with Gasteiger partial charge >= 0.3 is 13.2 Å². The van der Waals surface area contributed by atoms with Gasteiger partial charge < -0.3 is 4.98 Å². The largest absolute Gasteiger partial charge is 0.348 e. The Kier molecular flexibility index (Phi) is 8.00. The second-order valence-corrected chi connectivity index (χ2v) is 8.02. The van der Waals surface area contributed by atoms with E-state index >= 15 is 0 Å². The number of aryl methyl sites for hydroxylation is 1. The Morgan fingerprint density at radius 2 is 2.05 bits per heavy atom. The average molecular weight is 350 g/mol. The first-order valence-corrected chi connectivity index (χ1v) is 7.89. The zero-order valence-corrected chi connectivity index (χ0v) is 13.3. The standard InChI is InChI=1S/C9H14N2.CHCl3O3S/c1-3-5-6-9-10-7-8(4-2)11-9;2-1(3,4)8(5,6)7/h4,7H,2-3,5-6H2,1H3,(H,10,11);(H,5,6,7). The summed E-state index contributed by atoms with van der Waals surface area (Å²) < 4.78 is 24.9. The van der Waals surface area contributed by atoms with Gasteiger partial charge in [-0.05, 0) is 12.5 Å². The zero-order valence-electron chi connectivity index (χ0n) is 10.2. The Hall–Kier alpha value is -0.270. The molecule has 19 heavy (non-hydrogen) atoms. The predicted molar refractivity (Wildman–Crippen MR) is 79.1 cm³/mol. The van der Waals surface area contributed by atoms with Gasteiger partial charge in [0, 0.05) is 12.6 Å². The van der Waals surface area contributed by atoms with Gasteiger partial charge in [0.25, 0.3) is 0 Å². The topological polar surface area (TPSA) is 83.0 Å². The number of nitrogens with zero attached hydrogens (tertiary/aromatic N) is 1. The van der Waals surface area contributed by atoms with Crippen LogP contribution in [0.15, 0.2) is 12.8 Å². The minimum Gasteiger partial charge on any atom is -0.348 e. The Bertz CT molecular complexity index is 494. The fourth-order valence-electron chi connectivity index (χ4n) is 0.954. The molecule has 110 valence electrons.